The molecule has 122 valence electrons. The Morgan fingerprint density at radius 3 is 2.29 bits per heavy atom. The highest BCUT2D eigenvalue weighted by Crippen LogP contribution is 2.33. The summed E-state index contributed by atoms with van der Waals surface area (Å²) < 4.78 is 0. The van der Waals surface area contributed by atoms with E-state index in [9.17, 15) is 0 Å². The van der Waals surface area contributed by atoms with E-state index in [1.54, 1.807) is 0 Å². The molecule has 0 saturated carbocycles. The van der Waals surface area contributed by atoms with Gasteiger partial charge in [0.15, 0.2) is 0 Å². The molecule has 0 amide bonds. The molecule has 0 radical (unpaired) electrons. The maximum Gasteiger partial charge on any atom is 0.113 e. The monoisotopic (exact) mass is 310 g/mol. The average molecular weight is 311 g/mol. The van der Waals surface area contributed by atoms with Crippen LogP contribution < -0.4 is 5.32 Å². The predicted octanol–water partition coefficient (Wildman–Crippen LogP) is 5.62. The zero-order valence-electron chi connectivity index (χ0n) is 15.0. The third-order valence-electron chi connectivity index (χ3n) is 3.88. The van der Waals surface area contributed by atoms with Crippen LogP contribution in [0, 0.1) is 0 Å². The summed E-state index contributed by atoms with van der Waals surface area (Å²) in [6.07, 6.45) is 6.39. The molecule has 21 heavy (non-hydrogen) atoms. The highest BCUT2D eigenvalue weighted by molar-refractivity contribution is 7.09. The van der Waals surface area contributed by atoms with E-state index in [1.165, 1.54) is 42.8 Å². The summed E-state index contributed by atoms with van der Waals surface area (Å²) in [5, 5.41) is 7.25. The first-order valence-corrected chi connectivity index (χ1v) is 9.31. The van der Waals surface area contributed by atoms with Gasteiger partial charge in [-0.05, 0) is 27.2 Å². The molecule has 0 aliphatic carbocycles. The Balaban J connectivity index is 2.87. The minimum atomic E-state index is 0.00999. The van der Waals surface area contributed by atoms with E-state index in [4.69, 9.17) is 4.98 Å². The maximum absolute atomic E-state index is 4.96. The molecule has 0 bridgehead atoms. The lowest BCUT2D eigenvalue weighted by Gasteiger charge is -2.31. The Morgan fingerprint density at radius 1 is 1.14 bits per heavy atom. The number of nitrogens with zero attached hydrogens (tertiary/aromatic N) is 1. The Hall–Kier alpha value is -0.410. The van der Waals surface area contributed by atoms with Crippen molar-refractivity contribution in [3.8, 4) is 0 Å². The first-order chi connectivity index (χ1) is 9.69. The van der Waals surface area contributed by atoms with Crippen molar-refractivity contribution in [2.45, 2.75) is 97.6 Å². The van der Waals surface area contributed by atoms with E-state index >= 15 is 0 Å². The lowest BCUT2D eigenvalue weighted by molar-refractivity contribution is 0.298. The van der Waals surface area contributed by atoms with Crippen LogP contribution in [0.3, 0.4) is 0 Å². The number of rotatable bonds is 8. The third kappa shape index (κ3) is 5.71. The number of unbranched alkanes of at least 4 members (excludes halogenated alkanes) is 3. The first-order valence-electron chi connectivity index (χ1n) is 8.43. The summed E-state index contributed by atoms with van der Waals surface area (Å²) in [6, 6.07) is 0.475. The molecule has 0 fully saturated rings. The van der Waals surface area contributed by atoms with Crippen molar-refractivity contribution in [2.75, 3.05) is 0 Å². The van der Waals surface area contributed by atoms with Crippen LogP contribution in [0.5, 0.6) is 0 Å². The Bertz CT molecular complexity index is 417. The summed E-state index contributed by atoms with van der Waals surface area (Å²) in [5.74, 6) is 0. The lowest BCUT2D eigenvalue weighted by Crippen LogP contribution is -2.43. The summed E-state index contributed by atoms with van der Waals surface area (Å²) in [6.45, 7) is 15.7. The standard InChI is InChI=1S/C18H34N2S/c1-8-9-10-11-12-18(7,20-14(2)3)16-19-15(13-21-16)17(4,5)6/h13-14,20H,8-12H2,1-7H3. The van der Waals surface area contributed by atoms with Gasteiger partial charge in [0.25, 0.3) is 0 Å². The molecule has 2 nitrogen and oxygen atoms in total. The first kappa shape index (κ1) is 18.6. The molecule has 1 aromatic rings. The van der Waals surface area contributed by atoms with E-state index in [0.29, 0.717) is 6.04 Å². The highest BCUT2D eigenvalue weighted by atomic mass is 32.1. The van der Waals surface area contributed by atoms with Crippen molar-refractivity contribution in [2.24, 2.45) is 0 Å². The van der Waals surface area contributed by atoms with Crippen LogP contribution in [-0.2, 0) is 11.0 Å². The van der Waals surface area contributed by atoms with E-state index in [-0.39, 0.29) is 11.0 Å². The molecule has 3 heteroatoms. The van der Waals surface area contributed by atoms with Gasteiger partial charge in [-0.2, -0.15) is 0 Å². The van der Waals surface area contributed by atoms with E-state index in [2.05, 4.69) is 59.2 Å². The van der Waals surface area contributed by atoms with Gasteiger partial charge in [0.1, 0.15) is 5.01 Å². The summed E-state index contributed by atoms with van der Waals surface area (Å²) in [7, 11) is 0. The van der Waals surface area contributed by atoms with Crippen molar-refractivity contribution in [3.63, 3.8) is 0 Å². The fourth-order valence-corrected chi connectivity index (χ4v) is 3.86. The topological polar surface area (TPSA) is 24.9 Å². The summed E-state index contributed by atoms with van der Waals surface area (Å²) >= 11 is 1.82. The van der Waals surface area contributed by atoms with Crippen molar-refractivity contribution < 1.29 is 0 Å². The lowest BCUT2D eigenvalue weighted by atomic mass is 9.91. The molecule has 1 rings (SSSR count). The van der Waals surface area contributed by atoms with Gasteiger partial charge in [0.05, 0.1) is 11.2 Å². The molecule has 1 aromatic heterocycles. The summed E-state index contributed by atoms with van der Waals surface area (Å²) in [4.78, 5) is 4.96. The van der Waals surface area contributed by atoms with Crippen LogP contribution in [0.25, 0.3) is 0 Å². The smallest absolute Gasteiger partial charge is 0.113 e. The van der Waals surface area contributed by atoms with Crippen molar-refractivity contribution >= 4 is 11.3 Å². The fraction of sp³-hybridized carbons (Fsp3) is 0.833. The van der Waals surface area contributed by atoms with Gasteiger partial charge in [0.2, 0.25) is 0 Å². The maximum atomic E-state index is 4.96. The quantitative estimate of drug-likeness (QED) is 0.630. The molecule has 0 aromatic carbocycles. The second kappa shape index (κ2) is 7.73. The largest absolute Gasteiger partial charge is 0.303 e. The van der Waals surface area contributed by atoms with Crippen LogP contribution in [0.2, 0.25) is 0 Å². The Labute approximate surface area is 135 Å². The molecule has 0 saturated heterocycles. The molecule has 1 heterocycles. The number of thiazole rings is 1. The normalized spacial score (nSPS) is 15.4. The van der Waals surface area contributed by atoms with Crippen LogP contribution in [0.1, 0.15) is 91.3 Å². The number of hydrogen-bond acceptors (Lipinski definition) is 3. The van der Waals surface area contributed by atoms with Gasteiger partial charge in [0, 0.05) is 16.8 Å². The second-order valence-corrected chi connectivity index (χ2v) is 8.59. The Morgan fingerprint density at radius 2 is 1.81 bits per heavy atom. The van der Waals surface area contributed by atoms with Gasteiger partial charge in [-0.25, -0.2) is 4.98 Å². The van der Waals surface area contributed by atoms with Crippen LogP contribution in [0.15, 0.2) is 5.38 Å². The molecule has 0 spiro atoms. The molecular weight excluding hydrogens is 276 g/mol. The minimum absolute atomic E-state index is 0.00999. The molecular formula is C18H34N2S. The molecule has 0 aliphatic rings. The third-order valence-corrected chi connectivity index (χ3v) is 4.99. The van der Waals surface area contributed by atoms with E-state index in [0.717, 1.165) is 0 Å². The van der Waals surface area contributed by atoms with Gasteiger partial charge >= 0.3 is 0 Å². The van der Waals surface area contributed by atoms with E-state index in [1.807, 2.05) is 11.3 Å². The van der Waals surface area contributed by atoms with Crippen LogP contribution in [0.4, 0.5) is 0 Å². The van der Waals surface area contributed by atoms with Gasteiger partial charge in [-0.1, -0.05) is 53.4 Å². The zero-order chi connectivity index (χ0) is 16.1. The molecule has 1 unspecified atom stereocenters. The highest BCUT2D eigenvalue weighted by Gasteiger charge is 2.31. The second-order valence-electron chi connectivity index (χ2n) is 7.73. The van der Waals surface area contributed by atoms with Crippen molar-refractivity contribution in [1.29, 1.82) is 0 Å². The van der Waals surface area contributed by atoms with Gasteiger partial charge in [-0.3, -0.25) is 0 Å². The van der Waals surface area contributed by atoms with Gasteiger partial charge in [-0.15, -0.1) is 11.3 Å². The molecule has 0 aliphatic heterocycles. The van der Waals surface area contributed by atoms with Gasteiger partial charge < -0.3 is 5.32 Å². The van der Waals surface area contributed by atoms with Crippen LogP contribution >= 0.6 is 11.3 Å². The number of aromatic nitrogens is 1. The average Bonchev–Trinajstić information content (AvgIpc) is 2.83. The Kier molecular flexibility index (Phi) is 6.86. The van der Waals surface area contributed by atoms with Crippen molar-refractivity contribution in [1.82, 2.24) is 10.3 Å². The molecule has 1 N–H and O–H groups in total. The number of hydrogen-bond donors (Lipinski definition) is 1. The summed E-state index contributed by atoms with van der Waals surface area (Å²) in [5.41, 5.74) is 1.36. The van der Waals surface area contributed by atoms with E-state index < -0.39 is 0 Å². The predicted molar refractivity (Wildman–Crippen MR) is 95.2 cm³/mol. The van der Waals surface area contributed by atoms with Crippen molar-refractivity contribution in [3.05, 3.63) is 16.1 Å². The molecule has 1 atom stereocenters. The minimum Gasteiger partial charge on any atom is -0.303 e. The van der Waals surface area contributed by atoms with Crippen LogP contribution in [-0.4, -0.2) is 11.0 Å². The fourth-order valence-electron chi connectivity index (χ4n) is 2.65. The number of nitrogens with one attached hydrogen (secondary N) is 1. The zero-order valence-corrected chi connectivity index (χ0v) is 15.9. The SMILES string of the molecule is CCCCCCC(C)(NC(C)C)c1nc(C(C)(C)C)cs1.